The Bertz CT molecular complexity index is 376. The molecule has 1 atom stereocenters. The molecule has 0 saturated heterocycles. The highest BCUT2D eigenvalue weighted by molar-refractivity contribution is 5.24. The molecule has 19 heavy (non-hydrogen) atoms. The molecule has 0 spiro atoms. The van der Waals surface area contributed by atoms with E-state index in [0.717, 1.165) is 5.56 Å². The summed E-state index contributed by atoms with van der Waals surface area (Å²) < 4.78 is 0. The Labute approximate surface area is 116 Å². The highest BCUT2D eigenvalue weighted by Crippen LogP contribution is 2.25. The lowest BCUT2D eigenvalue weighted by molar-refractivity contribution is 0.111. The molecular formula is C16H26N2O. The number of benzene rings is 1. The fourth-order valence-corrected chi connectivity index (χ4v) is 3.10. The van der Waals surface area contributed by atoms with Gasteiger partial charge in [-0.15, -0.1) is 0 Å². The summed E-state index contributed by atoms with van der Waals surface area (Å²) in [7, 11) is 2.14. The first-order valence-corrected chi connectivity index (χ1v) is 7.31. The summed E-state index contributed by atoms with van der Waals surface area (Å²) >= 11 is 0. The number of likely N-dealkylation sites (N-methyl/N-ethyl adjacent to an activating group) is 1. The van der Waals surface area contributed by atoms with Crippen LogP contribution in [0.3, 0.4) is 0 Å². The zero-order valence-electron chi connectivity index (χ0n) is 11.9. The maximum atomic E-state index is 9.73. The van der Waals surface area contributed by atoms with Crippen LogP contribution in [-0.4, -0.2) is 36.2 Å². The van der Waals surface area contributed by atoms with Gasteiger partial charge in [-0.3, -0.25) is 0 Å². The van der Waals surface area contributed by atoms with E-state index in [1.54, 1.807) is 0 Å². The van der Waals surface area contributed by atoms with Gasteiger partial charge in [-0.25, -0.2) is 0 Å². The lowest BCUT2D eigenvalue weighted by atomic mass is 9.89. The van der Waals surface area contributed by atoms with Crippen molar-refractivity contribution in [3.8, 4) is 0 Å². The van der Waals surface area contributed by atoms with Crippen molar-refractivity contribution in [2.24, 2.45) is 5.73 Å². The minimum absolute atomic E-state index is 0.0198. The summed E-state index contributed by atoms with van der Waals surface area (Å²) in [6.07, 6.45) is 6.50. The van der Waals surface area contributed by atoms with Crippen molar-refractivity contribution in [1.29, 1.82) is 0 Å². The highest BCUT2D eigenvalue weighted by atomic mass is 16.3. The van der Waals surface area contributed by atoms with E-state index in [2.05, 4.69) is 11.9 Å². The number of rotatable bonds is 5. The molecule has 3 N–H and O–H groups in total. The van der Waals surface area contributed by atoms with Crippen molar-refractivity contribution < 1.29 is 5.11 Å². The number of hydrogen-bond donors (Lipinski definition) is 2. The van der Waals surface area contributed by atoms with Crippen LogP contribution in [0.1, 0.15) is 37.7 Å². The number of aliphatic hydroxyl groups excluding tert-OH is 1. The molecule has 0 heterocycles. The van der Waals surface area contributed by atoms with Crippen molar-refractivity contribution >= 4 is 0 Å². The van der Waals surface area contributed by atoms with E-state index in [9.17, 15) is 5.11 Å². The summed E-state index contributed by atoms with van der Waals surface area (Å²) in [6, 6.07) is 10.6. The van der Waals surface area contributed by atoms with Gasteiger partial charge in [0.1, 0.15) is 0 Å². The Morgan fingerprint density at radius 3 is 2.42 bits per heavy atom. The van der Waals surface area contributed by atoms with E-state index < -0.39 is 5.54 Å². The molecule has 1 aromatic rings. The summed E-state index contributed by atoms with van der Waals surface area (Å²) in [5, 5.41) is 9.73. The van der Waals surface area contributed by atoms with Gasteiger partial charge in [0.15, 0.2) is 0 Å². The Kier molecular flexibility index (Phi) is 4.97. The summed E-state index contributed by atoms with van der Waals surface area (Å²) in [4.78, 5) is 2.34. The Morgan fingerprint density at radius 2 is 1.84 bits per heavy atom. The van der Waals surface area contributed by atoms with Crippen LogP contribution in [0.25, 0.3) is 0 Å². The Balaban J connectivity index is 2.05. The minimum atomic E-state index is -0.659. The van der Waals surface area contributed by atoms with Crippen molar-refractivity contribution in [3.05, 3.63) is 35.9 Å². The van der Waals surface area contributed by atoms with Gasteiger partial charge in [-0.1, -0.05) is 49.6 Å². The van der Waals surface area contributed by atoms with Crippen LogP contribution in [0.15, 0.2) is 30.3 Å². The van der Waals surface area contributed by atoms with Gasteiger partial charge in [0, 0.05) is 12.6 Å². The SMILES string of the molecule is CN(CC(N)(CO)c1ccccc1)C1CCCCC1. The lowest BCUT2D eigenvalue weighted by Crippen LogP contribution is -2.52. The van der Waals surface area contributed by atoms with E-state index in [1.165, 1.54) is 32.1 Å². The molecule has 2 rings (SSSR count). The maximum Gasteiger partial charge on any atom is 0.0772 e. The zero-order valence-corrected chi connectivity index (χ0v) is 11.9. The van der Waals surface area contributed by atoms with Gasteiger partial charge in [-0.05, 0) is 25.5 Å². The van der Waals surface area contributed by atoms with E-state index in [0.29, 0.717) is 12.6 Å². The molecule has 106 valence electrons. The predicted molar refractivity (Wildman–Crippen MR) is 78.9 cm³/mol. The summed E-state index contributed by atoms with van der Waals surface area (Å²) in [5.41, 5.74) is 6.79. The number of hydrogen-bond acceptors (Lipinski definition) is 3. The molecule has 1 aliphatic carbocycles. The normalized spacial score (nSPS) is 20.4. The minimum Gasteiger partial charge on any atom is -0.394 e. The first kappa shape index (κ1) is 14.5. The van der Waals surface area contributed by atoms with Crippen LogP contribution < -0.4 is 5.73 Å². The van der Waals surface area contributed by atoms with E-state index in [4.69, 9.17) is 5.73 Å². The molecule has 1 saturated carbocycles. The fourth-order valence-electron chi connectivity index (χ4n) is 3.10. The molecule has 0 aromatic heterocycles. The average Bonchev–Trinajstić information content (AvgIpc) is 2.49. The molecule has 1 fully saturated rings. The van der Waals surface area contributed by atoms with E-state index in [-0.39, 0.29) is 6.61 Å². The van der Waals surface area contributed by atoms with Gasteiger partial charge in [0.25, 0.3) is 0 Å². The van der Waals surface area contributed by atoms with Gasteiger partial charge in [-0.2, -0.15) is 0 Å². The first-order chi connectivity index (χ1) is 9.15. The molecule has 0 radical (unpaired) electrons. The molecule has 0 bridgehead atoms. The quantitative estimate of drug-likeness (QED) is 0.854. The molecule has 1 unspecified atom stereocenters. The van der Waals surface area contributed by atoms with Crippen molar-refractivity contribution in [3.63, 3.8) is 0 Å². The molecule has 0 aliphatic heterocycles. The zero-order chi connectivity index (χ0) is 13.7. The lowest BCUT2D eigenvalue weighted by Gasteiger charge is -2.38. The van der Waals surface area contributed by atoms with Crippen LogP contribution in [-0.2, 0) is 5.54 Å². The Morgan fingerprint density at radius 1 is 1.21 bits per heavy atom. The van der Waals surface area contributed by atoms with Crippen LogP contribution in [0.4, 0.5) is 0 Å². The molecule has 0 amide bonds. The van der Waals surface area contributed by atoms with E-state index >= 15 is 0 Å². The summed E-state index contributed by atoms with van der Waals surface area (Å²) in [5.74, 6) is 0. The van der Waals surface area contributed by atoms with Gasteiger partial charge in [0.05, 0.1) is 12.1 Å². The first-order valence-electron chi connectivity index (χ1n) is 7.31. The van der Waals surface area contributed by atoms with Gasteiger partial charge >= 0.3 is 0 Å². The van der Waals surface area contributed by atoms with Gasteiger partial charge < -0.3 is 15.7 Å². The monoisotopic (exact) mass is 262 g/mol. The number of nitrogens with two attached hydrogens (primary N) is 1. The number of nitrogens with zero attached hydrogens (tertiary/aromatic N) is 1. The van der Waals surface area contributed by atoms with E-state index in [1.807, 2.05) is 30.3 Å². The third-order valence-electron chi connectivity index (χ3n) is 4.36. The molecule has 3 nitrogen and oxygen atoms in total. The predicted octanol–water partition coefficient (Wildman–Crippen LogP) is 2.10. The standard InChI is InChI=1S/C16H26N2O/c1-18(15-10-6-3-7-11-15)12-16(17,13-19)14-8-4-2-5-9-14/h2,4-5,8-9,15,19H,3,6-7,10-13,17H2,1H3. The van der Waals surface area contributed by atoms with Crippen molar-refractivity contribution in [1.82, 2.24) is 4.90 Å². The smallest absolute Gasteiger partial charge is 0.0772 e. The third kappa shape index (κ3) is 3.56. The van der Waals surface area contributed by atoms with Crippen LogP contribution in [0.2, 0.25) is 0 Å². The second-order valence-corrected chi connectivity index (χ2v) is 5.89. The maximum absolute atomic E-state index is 9.73. The Hall–Kier alpha value is -0.900. The largest absolute Gasteiger partial charge is 0.394 e. The fraction of sp³-hybridized carbons (Fsp3) is 0.625. The van der Waals surface area contributed by atoms with Crippen molar-refractivity contribution in [2.45, 2.75) is 43.7 Å². The number of aliphatic hydroxyl groups is 1. The molecule has 1 aromatic carbocycles. The second kappa shape index (κ2) is 6.51. The van der Waals surface area contributed by atoms with Crippen LogP contribution in [0, 0.1) is 0 Å². The molecular weight excluding hydrogens is 236 g/mol. The van der Waals surface area contributed by atoms with Crippen molar-refractivity contribution in [2.75, 3.05) is 20.2 Å². The molecule has 1 aliphatic rings. The second-order valence-electron chi connectivity index (χ2n) is 5.89. The topological polar surface area (TPSA) is 49.5 Å². The summed E-state index contributed by atoms with van der Waals surface area (Å²) in [6.45, 7) is 0.687. The molecule has 3 heteroatoms. The third-order valence-corrected chi connectivity index (χ3v) is 4.36. The van der Waals surface area contributed by atoms with Crippen LogP contribution >= 0.6 is 0 Å². The van der Waals surface area contributed by atoms with Crippen LogP contribution in [0.5, 0.6) is 0 Å². The van der Waals surface area contributed by atoms with Gasteiger partial charge in [0.2, 0.25) is 0 Å². The average molecular weight is 262 g/mol. The highest BCUT2D eigenvalue weighted by Gasteiger charge is 2.30.